The molecule has 0 saturated heterocycles. The van der Waals surface area contributed by atoms with Gasteiger partial charge in [-0.15, -0.1) is 0 Å². The van der Waals surface area contributed by atoms with Crippen LogP contribution in [0.15, 0.2) is 30.3 Å². The second-order valence-corrected chi connectivity index (χ2v) is 4.77. The number of aromatic nitrogens is 2. The van der Waals surface area contributed by atoms with Crippen LogP contribution in [0.3, 0.4) is 0 Å². The van der Waals surface area contributed by atoms with Crippen LogP contribution in [0, 0.1) is 6.92 Å². The molecular weight excluding hydrogens is 264 g/mol. The number of nitrogen functional groups attached to an aromatic ring is 1. The third kappa shape index (κ3) is 3.37. The molecule has 1 aromatic carbocycles. The molecule has 21 heavy (non-hydrogen) atoms. The molecule has 2 aromatic rings. The standard InChI is InChI=1S/C16H22N4O/c1-4-13(21-5-2)16-18-14(11(3)15(19-16)20-17)12-9-7-6-8-10-12/h6-10,13H,4-5,17H2,1-3H3,(H,18,19,20). The Morgan fingerprint density at radius 3 is 2.48 bits per heavy atom. The number of benzene rings is 1. The van der Waals surface area contributed by atoms with Crippen molar-refractivity contribution in [3.8, 4) is 11.3 Å². The molecule has 3 N–H and O–H groups in total. The third-order valence-corrected chi connectivity index (χ3v) is 3.37. The molecule has 0 amide bonds. The molecule has 0 saturated carbocycles. The van der Waals surface area contributed by atoms with Gasteiger partial charge in [-0.1, -0.05) is 37.3 Å². The minimum absolute atomic E-state index is 0.120. The Labute approximate surface area is 125 Å². The average molecular weight is 286 g/mol. The maximum atomic E-state index is 5.71. The van der Waals surface area contributed by atoms with Gasteiger partial charge in [-0.2, -0.15) is 0 Å². The number of nitrogens with zero attached hydrogens (tertiary/aromatic N) is 2. The van der Waals surface area contributed by atoms with Crippen molar-refractivity contribution in [1.82, 2.24) is 9.97 Å². The van der Waals surface area contributed by atoms with Crippen LogP contribution in [0.1, 0.15) is 37.8 Å². The molecule has 1 atom stereocenters. The summed E-state index contributed by atoms with van der Waals surface area (Å²) in [5.41, 5.74) is 5.51. The minimum atomic E-state index is -0.120. The van der Waals surface area contributed by atoms with Gasteiger partial charge in [0.15, 0.2) is 5.82 Å². The van der Waals surface area contributed by atoms with Crippen LogP contribution in [0.4, 0.5) is 5.82 Å². The van der Waals surface area contributed by atoms with Crippen LogP contribution in [0.2, 0.25) is 0 Å². The quantitative estimate of drug-likeness (QED) is 0.630. The van der Waals surface area contributed by atoms with E-state index in [9.17, 15) is 0 Å². The van der Waals surface area contributed by atoms with Crippen LogP contribution in [0.25, 0.3) is 11.3 Å². The molecule has 1 unspecified atom stereocenters. The van der Waals surface area contributed by atoms with Gasteiger partial charge < -0.3 is 10.2 Å². The van der Waals surface area contributed by atoms with Crippen molar-refractivity contribution in [2.24, 2.45) is 5.84 Å². The second kappa shape index (κ2) is 7.15. The van der Waals surface area contributed by atoms with E-state index in [1.54, 1.807) is 0 Å². The van der Waals surface area contributed by atoms with Crippen molar-refractivity contribution in [1.29, 1.82) is 0 Å². The van der Waals surface area contributed by atoms with E-state index < -0.39 is 0 Å². The summed E-state index contributed by atoms with van der Waals surface area (Å²) in [5.74, 6) is 6.90. The molecule has 0 aliphatic rings. The number of anilines is 1. The summed E-state index contributed by atoms with van der Waals surface area (Å²) in [4.78, 5) is 9.20. The van der Waals surface area contributed by atoms with E-state index in [1.807, 2.05) is 44.2 Å². The van der Waals surface area contributed by atoms with Gasteiger partial charge in [-0.3, -0.25) is 0 Å². The van der Waals surface area contributed by atoms with E-state index in [0.717, 1.165) is 23.2 Å². The lowest BCUT2D eigenvalue weighted by Crippen LogP contribution is -2.16. The van der Waals surface area contributed by atoms with E-state index in [4.69, 9.17) is 15.6 Å². The molecule has 5 heteroatoms. The van der Waals surface area contributed by atoms with E-state index in [0.29, 0.717) is 18.2 Å². The zero-order chi connectivity index (χ0) is 15.2. The number of hydrazine groups is 1. The monoisotopic (exact) mass is 286 g/mol. The molecule has 0 fully saturated rings. The Kier molecular flexibility index (Phi) is 5.25. The van der Waals surface area contributed by atoms with Crippen molar-refractivity contribution in [2.75, 3.05) is 12.0 Å². The number of hydrogen-bond acceptors (Lipinski definition) is 5. The first-order valence-electron chi connectivity index (χ1n) is 7.23. The van der Waals surface area contributed by atoms with Crippen LogP contribution >= 0.6 is 0 Å². The lowest BCUT2D eigenvalue weighted by molar-refractivity contribution is 0.0536. The number of rotatable bonds is 6. The predicted molar refractivity (Wildman–Crippen MR) is 84.7 cm³/mol. The van der Waals surface area contributed by atoms with Gasteiger partial charge in [0.1, 0.15) is 11.9 Å². The van der Waals surface area contributed by atoms with Crippen LogP contribution < -0.4 is 11.3 Å². The molecule has 0 aliphatic heterocycles. The van der Waals surface area contributed by atoms with Crippen LogP contribution in [-0.4, -0.2) is 16.6 Å². The molecule has 1 aromatic heterocycles. The molecule has 112 valence electrons. The Bertz CT molecular complexity index is 586. The van der Waals surface area contributed by atoms with Crippen molar-refractivity contribution in [3.05, 3.63) is 41.7 Å². The fourth-order valence-corrected chi connectivity index (χ4v) is 2.27. The summed E-state index contributed by atoms with van der Waals surface area (Å²) >= 11 is 0. The average Bonchev–Trinajstić information content (AvgIpc) is 2.54. The predicted octanol–water partition coefficient (Wildman–Crippen LogP) is 3.23. The molecule has 2 rings (SSSR count). The van der Waals surface area contributed by atoms with Gasteiger partial charge in [-0.25, -0.2) is 15.8 Å². The van der Waals surface area contributed by atoms with Gasteiger partial charge >= 0.3 is 0 Å². The van der Waals surface area contributed by atoms with Crippen molar-refractivity contribution in [3.63, 3.8) is 0 Å². The maximum Gasteiger partial charge on any atom is 0.160 e. The topological polar surface area (TPSA) is 73.1 Å². The van der Waals surface area contributed by atoms with Crippen molar-refractivity contribution in [2.45, 2.75) is 33.3 Å². The number of nitrogens with two attached hydrogens (primary N) is 1. The van der Waals surface area contributed by atoms with E-state index >= 15 is 0 Å². The lowest BCUT2D eigenvalue weighted by Gasteiger charge is -2.17. The largest absolute Gasteiger partial charge is 0.371 e. The first kappa shape index (κ1) is 15.4. The summed E-state index contributed by atoms with van der Waals surface area (Å²) in [5, 5.41) is 0. The van der Waals surface area contributed by atoms with Gasteiger partial charge in [0, 0.05) is 17.7 Å². The first-order valence-corrected chi connectivity index (χ1v) is 7.23. The fraction of sp³-hybridized carbons (Fsp3) is 0.375. The number of hydrogen-bond donors (Lipinski definition) is 2. The molecule has 0 spiro atoms. The number of nitrogens with one attached hydrogen (secondary N) is 1. The number of ether oxygens (including phenoxy) is 1. The smallest absolute Gasteiger partial charge is 0.160 e. The SMILES string of the molecule is CCOC(CC)c1nc(NN)c(C)c(-c2ccccc2)n1. The normalized spacial score (nSPS) is 12.2. The Morgan fingerprint density at radius 1 is 1.19 bits per heavy atom. The molecule has 1 heterocycles. The van der Waals surface area contributed by atoms with Crippen molar-refractivity contribution >= 4 is 5.82 Å². The first-order chi connectivity index (χ1) is 10.2. The molecular formula is C16H22N4O. The van der Waals surface area contributed by atoms with Crippen molar-refractivity contribution < 1.29 is 4.74 Å². The van der Waals surface area contributed by atoms with Gasteiger partial charge in [0.25, 0.3) is 0 Å². The maximum absolute atomic E-state index is 5.71. The highest BCUT2D eigenvalue weighted by molar-refractivity contribution is 5.67. The summed E-state index contributed by atoms with van der Waals surface area (Å²) in [6.07, 6.45) is 0.694. The van der Waals surface area contributed by atoms with E-state index in [2.05, 4.69) is 17.3 Å². The highest BCUT2D eigenvalue weighted by Crippen LogP contribution is 2.28. The van der Waals surface area contributed by atoms with Gasteiger partial charge in [0.2, 0.25) is 0 Å². The third-order valence-electron chi connectivity index (χ3n) is 3.37. The zero-order valence-corrected chi connectivity index (χ0v) is 12.8. The Morgan fingerprint density at radius 2 is 1.90 bits per heavy atom. The molecule has 0 aliphatic carbocycles. The molecule has 0 bridgehead atoms. The summed E-state index contributed by atoms with van der Waals surface area (Å²) in [6.45, 7) is 6.61. The minimum Gasteiger partial charge on any atom is -0.371 e. The highest BCUT2D eigenvalue weighted by Gasteiger charge is 2.18. The summed E-state index contributed by atoms with van der Waals surface area (Å²) in [6, 6.07) is 10.0. The zero-order valence-electron chi connectivity index (χ0n) is 12.8. The summed E-state index contributed by atoms with van der Waals surface area (Å²) < 4.78 is 5.71. The molecule has 0 radical (unpaired) electrons. The van der Waals surface area contributed by atoms with E-state index in [-0.39, 0.29) is 6.10 Å². The van der Waals surface area contributed by atoms with Crippen LogP contribution in [0.5, 0.6) is 0 Å². The Hall–Kier alpha value is -1.98. The molecule has 5 nitrogen and oxygen atoms in total. The highest BCUT2D eigenvalue weighted by atomic mass is 16.5. The van der Waals surface area contributed by atoms with Crippen LogP contribution in [-0.2, 0) is 4.74 Å². The van der Waals surface area contributed by atoms with E-state index in [1.165, 1.54) is 0 Å². The Balaban J connectivity index is 2.54. The fourth-order valence-electron chi connectivity index (χ4n) is 2.27. The van der Waals surface area contributed by atoms with Gasteiger partial charge in [0.05, 0.1) is 5.69 Å². The van der Waals surface area contributed by atoms with Gasteiger partial charge in [-0.05, 0) is 20.3 Å². The lowest BCUT2D eigenvalue weighted by atomic mass is 10.1. The second-order valence-electron chi connectivity index (χ2n) is 4.77. The summed E-state index contributed by atoms with van der Waals surface area (Å²) in [7, 11) is 0.